The van der Waals surface area contributed by atoms with Crippen LogP contribution >= 0.6 is 34.5 Å². The summed E-state index contributed by atoms with van der Waals surface area (Å²) in [6, 6.07) is 8.71. The molecule has 0 bridgehead atoms. The third-order valence-electron chi connectivity index (χ3n) is 2.07. The molecular weight excluding hydrogens is 492 g/mol. The Morgan fingerprint density at radius 2 is 1.76 bits per heavy atom. The summed E-state index contributed by atoms with van der Waals surface area (Å²) in [6.07, 6.45) is 0. The summed E-state index contributed by atoms with van der Waals surface area (Å²) < 4.78 is 0.283. The van der Waals surface area contributed by atoms with Gasteiger partial charge >= 0.3 is 0 Å². The topological polar surface area (TPSA) is 40.9 Å². The van der Waals surface area contributed by atoms with Crippen LogP contribution in [0.4, 0.5) is 5.00 Å². The number of nitrogens with one attached hydrogen (secondary N) is 1. The first-order valence-electron chi connectivity index (χ1n) is 4.40. The van der Waals surface area contributed by atoms with Gasteiger partial charge in [0.1, 0.15) is 4.34 Å². The Bertz CT molecular complexity index is 542. The maximum Gasteiger partial charge on any atom is 0.194 e. The maximum atomic E-state index is 12.0. The van der Waals surface area contributed by atoms with E-state index in [9.17, 15) is 4.79 Å². The summed E-state index contributed by atoms with van der Waals surface area (Å²) in [6.45, 7) is 0. The van der Waals surface area contributed by atoms with Crippen LogP contribution in [-0.4, -0.2) is 5.78 Å². The summed E-state index contributed by atoms with van der Waals surface area (Å²) in [7, 11) is 0. The SMILES string of the molecule is [Ac].[NH-]c1sc(Cl)c(Cl)c1C(=O)c1ccccc1. The minimum absolute atomic E-state index is 0. The van der Waals surface area contributed by atoms with Crippen LogP contribution in [0, 0.1) is 44.1 Å². The number of rotatable bonds is 2. The zero-order chi connectivity index (χ0) is 11.7. The predicted octanol–water partition coefficient (Wildman–Crippen LogP) is 4.97. The molecule has 0 fully saturated rings. The van der Waals surface area contributed by atoms with Crippen molar-refractivity contribution in [3.05, 3.63) is 56.6 Å². The first kappa shape index (κ1) is 15.5. The van der Waals surface area contributed by atoms with Crippen LogP contribution in [0.1, 0.15) is 15.9 Å². The van der Waals surface area contributed by atoms with Crippen molar-refractivity contribution < 1.29 is 48.9 Å². The molecule has 0 saturated heterocycles. The van der Waals surface area contributed by atoms with Gasteiger partial charge in [0.2, 0.25) is 0 Å². The van der Waals surface area contributed by atoms with Gasteiger partial charge < -0.3 is 5.73 Å². The fraction of sp³-hybridized carbons (Fsp3) is 0. The molecule has 0 saturated carbocycles. The number of hydrogen-bond donors (Lipinski definition) is 0. The Morgan fingerprint density at radius 1 is 1.18 bits per heavy atom. The summed E-state index contributed by atoms with van der Waals surface area (Å²) in [4.78, 5) is 12.0. The Hall–Kier alpha value is 0.412. The number of carbonyl (C=O) groups excluding carboxylic acids is 1. The molecule has 0 amide bonds. The number of hydrogen-bond acceptors (Lipinski definition) is 2. The Morgan fingerprint density at radius 3 is 2.24 bits per heavy atom. The van der Waals surface area contributed by atoms with Gasteiger partial charge in [-0.25, -0.2) is 0 Å². The summed E-state index contributed by atoms with van der Waals surface area (Å²) >= 11 is 12.7. The van der Waals surface area contributed by atoms with Gasteiger partial charge in [-0.3, -0.25) is 4.79 Å². The van der Waals surface area contributed by atoms with Crippen LogP contribution in [0.25, 0.3) is 5.73 Å². The van der Waals surface area contributed by atoms with Crippen molar-refractivity contribution in [1.29, 1.82) is 0 Å². The van der Waals surface area contributed by atoms with Crippen LogP contribution in [0.15, 0.2) is 30.3 Å². The Balaban J connectivity index is 0.00000144. The van der Waals surface area contributed by atoms with Crippen molar-refractivity contribution in [3.8, 4) is 0 Å². The molecule has 2 nitrogen and oxygen atoms in total. The van der Waals surface area contributed by atoms with Crippen LogP contribution in [0.5, 0.6) is 0 Å². The molecule has 0 spiro atoms. The molecule has 1 aromatic carbocycles. The standard InChI is InChI=1S/C11H7Cl2NOS.Ac/c12-8-7(11(14)16-10(8)13)9(15)6-4-2-1-3-5-6;/h1-5H,(H2,14,15);/p-1. The molecule has 1 N–H and O–H groups in total. The zero-order valence-electron chi connectivity index (χ0n) is 8.54. The molecule has 2 aromatic rings. The Labute approximate surface area is 149 Å². The molecule has 0 aliphatic heterocycles. The second kappa shape index (κ2) is 6.54. The fourth-order valence-corrected chi connectivity index (χ4v) is 2.67. The second-order valence-electron chi connectivity index (χ2n) is 3.09. The number of halogens is 2. The first-order chi connectivity index (χ1) is 7.61. The van der Waals surface area contributed by atoms with Crippen LogP contribution in [0.3, 0.4) is 0 Å². The molecule has 0 unspecified atom stereocenters. The summed E-state index contributed by atoms with van der Waals surface area (Å²) in [5.74, 6) is -0.265. The van der Waals surface area contributed by atoms with Gasteiger partial charge in [-0.15, -0.1) is 11.3 Å². The molecule has 1 aromatic heterocycles. The summed E-state index contributed by atoms with van der Waals surface area (Å²) in [5.41, 5.74) is 8.33. The predicted molar refractivity (Wildman–Crippen MR) is 68.2 cm³/mol. The fourth-order valence-electron chi connectivity index (χ4n) is 1.32. The molecule has 1 radical (unpaired) electrons. The van der Waals surface area contributed by atoms with E-state index in [4.69, 9.17) is 28.9 Å². The van der Waals surface area contributed by atoms with E-state index in [0.29, 0.717) is 5.56 Å². The molecule has 0 atom stereocenters. The molecule has 0 aliphatic rings. The number of carbonyl (C=O) groups is 1. The number of ketones is 1. The Kier molecular flexibility index (Phi) is 5.95. The second-order valence-corrected chi connectivity index (χ2v) is 5.09. The average Bonchev–Trinajstić information content (AvgIpc) is 2.54. The van der Waals surface area contributed by atoms with E-state index in [-0.39, 0.29) is 69.8 Å². The zero-order valence-corrected chi connectivity index (χ0v) is 15.6. The molecule has 85 valence electrons. The third-order valence-corrected chi connectivity index (χ3v) is 3.87. The van der Waals surface area contributed by atoms with Crippen molar-refractivity contribution in [2.75, 3.05) is 0 Å². The van der Waals surface area contributed by atoms with E-state index in [2.05, 4.69) is 0 Å². The number of benzene rings is 1. The maximum absolute atomic E-state index is 12.0. The van der Waals surface area contributed by atoms with E-state index in [1.54, 1.807) is 24.3 Å². The monoisotopic (exact) mass is 497 g/mol. The average molecular weight is 498 g/mol. The van der Waals surface area contributed by atoms with Crippen molar-refractivity contribution in [1.82, 2.24) is 0 Å². The van der Waals surface area contributed by atoms with Crippen molar-refractivity contribution in [2.45, 2.75) is 0 Å². The van der Waals surface area contributed by atoms with Gasteiger partial charge in [-0.1, -0.05) is 58.5 Å². The van der Waals surface area contributed by atoms with Gasteiger partial charge in [0.15, 0.2) is 5.78 Å². The molecule has 2 rings (SSSR count). The van der Waals surface area contributed by atoms with E-state index in [1.807, 2.05) is 6.07 Å². The van der Waals surface area contributed by atoms with Crippen molar-refractivity contribution >= 4 is 45.3 Å². The first-order valence-corrected chi connectivity index (χ1v) is 5.97. The number of thiophene rings is 1. The van der Waals surface area contributed by atoms with Gasteiger partial charge in [0.25, 0.3) is 0 Å². The quantitative estimate of drug-likeness (QED) is 0.540. The minimum atomic E-state index is -0.265. The van der Waals surface area contributed by atoms with Crippen molar-refractivity contribution in [3.63, 3.8) is 0 Å². The largest absolute Gasteiger partial charge is 0.689 e. The minimum Gasteiger partial charge on any atom is -0.689 e. The molecule has 6 heteroatoms. The van der Waals surface area contributed by atoms with Gasteiger partial charge in [-0.05, 0) is 0 Å². The van der Waals surface area contributed by atoms with E-state index in [0.717, 1.165) is 11.3 Å². The molecule has 17 heavy (non-hydrogen) atoms. The van der Waals surface area contributed by atoms with Gasteiger partial charge in [0.05, 0.1) is 5.02 Å². The smallest absolute Gasteiger partial charge is 0.194 e. The van der Waals surface area contributed by atoms with Crippen LogP contribution in [-0.2, 0) is 0 Å². The van der Waals surface area contributed by atoms with E-state index >= 15 is 0 Å². The van der Waals surface area contributed by atoms with Crippen LogP contribution in [0.2, 0.25) is 9.36 Å². The van der Waals surface area contributed by atoms with Gasteiger partial charge in [0, 0.05) is 55.2 Å². The molecule has 1 heterocycles. The molecular formula is C11H6AcCl2NOS-. The van der Waals surface area contributed by atoms with Crippen LogP contribution < -0.4 is 0 Å². The van der Waals surface area contributed by atoms with E-state index < -0.39 is 0 Å². The third kappa shape index (κ3) is 3.24. The normalized spacial score (nSPS) is 9.76. The van der Waals surface area contributed by atoms with Crippen molar-refractivity contribution in [2.24, 2.45) is 0 Å². The van der Waals surface area contributed by atoms with E-state index in [1.165, 1.54) is 0 Å². The van der Waals surface area contributed by atoms with Gasteiger partial charge in [-0.2, -0.15) is 0 Å². The molecule has 0 aliphatic carbocycles. The summed E-state index contributed by atoms with van der Waals surface area (Å²) in [5, 5.41) is 0.273.